The van der Waals surface area contributed by atoms with Gasteiger partial charge in [-0.15, -0.1) is 0 Å². The quantitative estimate of drug-likeness (QED) is 0.498. The normalized spacial score (nSPS) is 17.4. The fourth-order valence-corrected chi connectivity index (χ4v) is 3.12. The van der Waals surface area contributed by atoms with Crippen LogP contribution >= 0.6 is 0 Å². The Morgan fingerprint density at radius 2 is 1.57 bits per heavy atom. The molecular formula is C18H36N2O. The summed E-state index contributed by atoms with van der Waals surface area (Å²) in [7, 11) is 0. The van der Waals surface area contributed by atoms with E-state index < -0.39 is 0 Å². The van der Waals surface area contributed by atoms with Crippen LogP contribution in [0.5, 0.6) is 0 Å². The lowest BCUT2D eigenvalue weighted by Gasteiger charge is -2.20. The molecule has 3 nitrogen and oxygen atoms in total. The first-order chi connectivity index (χ1) is 10.3. The average Bonchev–Trinajstić information content (AvgIpc) is 2.98. The predicted molar refractivity (Wildman–Crippen MR) is 91.9 cm³/mol. The molecule has 21 heavy (non-hydrogen) atoms. The van der Waals surface area contributed by atoms with Gasteiger partial charge in [-0.2, -0.15) is 0 Å². The number of rotatable bonds is 13. The number of aliphatic imine (C=N–C) groups is 1. The minimum absolute atomic E-state index is 0.224. The van der Waals surface area contributed by atoms with Gasteiger partial charge in [-0.05, 0) is 13.3 Å². The minimum atomic E-state index is -0.284. The van der Waals surface area contributed by atoms with Gasteiger partial charge < -0.3 is 10.4 Å². The number of aliphatic hydroxyl groups excluding tert-OH is 1. The lowest BCUT2D eigenvalue weighted by Crippen LogP contribution is -2.33. The van der Waals surface area contributed by atoms with Gasteiger partial charge in [-0.1, -0.05) is 71.1 Å². The van der Waals surface area contributed by atoms with Gasteiger partial charge in [0.05, 0.1) is 12.6 Å². The van der Waals surface area contributed by atoms with Crippen molar-refractivity contribution in [1.29, 1.82) is 0 Å². The number of unbranched alkanes of at least 4 members (excludes halogenated alkanes) is 9. The molecule has 2 atom stereocenters. The molecule has 0 saturated heterocycles. The van der Waals surface area contributed by atoms with Gasteiger partial charge in [0, 0.05) is 12.5 Å². The first kappa shape index (κ1) is 18.5. The number of nitrogens with one attached hydrogen (secondary N) is 1. The Morgan fingerprint density at radius 3 is 2.05 bits per heavy atom. The molecule has 0 saturated carbocycles. The van der Waals surface area contributed by atoms with E-state index in [1.807, 2.05) is 6.92 Å². The molecule has 0 fully saturated rings. The third-order valence-corrected chi connectivity index (χ3v) is 4.50. The first-order valence-corrected chi connectivity index (χ1v) is 9.22. The second-order valence-corrected chi connectivity index (χ2v) is 6.51. The van der Waals surface area contributed by atoms with E-state index in [0.717, 1.165) is 25.3 Å². The van der Waals surface area contributed by atoms with Crippen LogP contribution in [-0.4, -0.2) is 30.1 Å². The summed E-state index contributed by atoms with van der Waals surface area (Å²) in [5, 5.41) is 13.2. The molecule has 1 heterocycles. The number of aliphatic hydroxyl groups is 1. The summed E-state index contributed by atoms with van der Waals surface area (Å²) in [5.74, 6) is 1.27. The highest BCUT2D eigenvalue weighted by Crippen LogP contribution is 2.18. The van der Waals surface area contributed by atoms with Crippen LogP contribution in [0.4, 0.5) is 0 Å². The van der Waals surface area contributed by atoms with Gasteiger partial charge in [0.25, 0.3) is 0 Å². The zero-order valence-electron chi connectivity index (χ0n) is 14.2. The fraction of sp³-hybridized carbons (Fsp3) is 0.944. The van der Waals surface area contributed by atoms with Gasteiger partial charge in [0.15, 0.2) is 0 Å². The molecule has 1 rings (SSSR count). The summed E-state index contributed by atoms with van der Waals surface area (Å²) < 4.78 is 0. The molecule has 0 aliphatic carbocycles. The van der Waals surface area contributed by atoms with Crippen LogP contribution in [0, 0.1) is 5.92 Å². The molecule has 3 heteroatoms. The zero-order valence-corrected chi connectivity index (χ0v) is 14.2. The maximum Gasteiger partial charge on any atom is 0.102 e. The molecule has 124 valence electrons. The predicted octanol–water partition coefficient (Wildman–Crippen LogP) is 4.30. The largest absolute Gasteiger partial charge is 0.393 e. The van der Waals surface area contributed by atoms with Gasteiger partial charge in [0.2, 0.25) is 0 Å². The van der Waals surface area contributed by atoms with Gasteiger partial charge in [-0.3, -0.25) is 4.99 Å². The second-order valence-electron chi connectivity index (χ2n) is 6.51. The topological polar surface area (TPSA) is 44.6 Å². The van der Waals surface area contributed by atoms with Crippen molar-refractivity contribution in [1.82, 2.24) is 5.32 Å². The highest BCUT2D eigenvalue weighted by Gasteiger charge is 2.22. The summed E-state index contributed by atoms with van der Waals surface area (Å²) in [6, 6.07) is 0. The van der Waals surface area contributed by atoms with Crippen molar-refractivity contribution in [3.05, 3.63) is 0 Å². The summed E-state index contributed by atoms with van der Waals surface area (Å²) in [6.45, 7) is 5.98. The molecule has 0 bridgehead atoms. The van der Waals surface area contributed by atoms with Crippen molar-refractivity contribution in [3.63, 3.8) is 0 Å². The Kier molecular flexibility index (Phi) is 10.6. The number of hydrogen-bond donors (Lipinski definition) is 2. The average molecular weight is 296 g/mol. The molecule has 0 aromatic carbocycles. The molecule has 0 amide bonds. The number of amidine groups is 1. The fourth-order valence-electron chi connectivity index (χ4n) is 3.12. The van der Waals surface area contributed by atoms with Crippen molar-refractivity contribution in [3.8, 4) is 0 Å². The Hall–Kier alpha value is -0.570. The molecular weight excluding hydrogens is 260 g/mol. The van der Waals surface area contributed by atoms with E-state index in [1.54, 1.807) is 0 Å². The summed E-state index contributed by atoms with van der Waals surface area (Å²) in [5.41, 5.74) is 0. The van der Waals surface area contributed by atoms with Crippen LogP contribution in [0.3, 0.4) is 0 Å². The van der Waals surface area contributed by atoms with Gasteiger partial charge in [-0.25, -0.2) is 0 Å². The van der Waals surface area contributed by atoms with Crippen LogP contribution in [0.15, 0.2) is 4.99 Å². The smallest absolute Gasteiger partial charge is 0.102 e. The Bertz CT molecular complexity index is 276. The highest BCUT2D eigenvalue weighted by atomic mass is 16.3. The van der Waals surface area contributed by atoms with Crippen molar-refractivity contribution < 1.29 is 5.11 Å². The molecule has 0 aromatic heterocycles. The van der Waals surface area contributed by atoms with Gasteiger partial charge in [0.1, 0.15) is 5.84 Å². The number of hydrogen-bond acceptors (Lipinski definition) is 3. The molecule has 0 aromatic rings. The lowest BCUT2D eigenvalue weighted by molar-refractivity contribution is 0.150. The second kappa shape index (κ2) is 12.0. The van der Waals surface area contributed by atoms with Crippen molar-refractivity contribution in [2.24, 2.45) is 10.9 Å². The van der Waals surface area contributed by atoms with Crippen LogP contribution in [-0.2, 0) is 0 Å². The summed E-state index contributed by atoms with van der Waals surface area (Å²) in [4.78, 5) is 4.47. The third kappa shape index (κ3) is 8.45. The maximum atomic E-state index is 9.90. The van der Waals surface area contributed by atoms with Crippen molar-refractivity contribution >= 4 is 5.84 Å². The van der Waals surface area contributed by atoms with E-state index in [2.05, 4.69) is 17.2 Å². The van der Waals surface area contributed by atoms with Crippen molar-refractivity contribution in [2.75, 3.05) is 13.1 Å². The molecule has 1 aliphatic heterocycles. The van der Waals surface area contributed by atoms with E-state index in [4.69, 9.17) is 0 Å². The standard InChI is InChI=1S/C18H36N2O/c1-3-4-5-6-7-8-9-10-11-12-13-17(16(2)21)18-19-14-15-20-18/h16-17,21H,3-15H2,1-2H3,(H,19,20). The Morgan fingerprint density at radius 1 is 1.00 bits per heavy atom. The summed E-state index contributed by atoms with van der Waals surface area (Å²) >= 11 is 0. The van der Waals surface area contributed by atoms with Gasteiger partial charge >= 0.3 is 0 Å². The molecule has 0 radical (unpaired) electrons. The molecule has 0 spiro atoms. The van der Waals surface area contributed by atoms with Crippen LogP contribution in [0.1, 0.15) is 84.5 Å². The first-order valence-electron chi connectivity index (χ1n) is 9.22. The van der Waals surface area contributed by atoms with Crippen LogP contribution in [0.25, 0.3) is 0 Å². The minimum Gasteiger partial charge on any atom is -0.393 e. The number of nitrogens with zero attached hydrogens (tertiary/aromatic N) is 1. The summed E-state index contributed by atoms with van der Waals surface area (Å²) in [6.07, 6.45) is 14.4. The lowest BCUT2D eigenvalue weighted by atomic mass is 9.94. The van der Waals surface area contributed by atoms with Crippen molar-refractivity contribution in [2.45, 2.75) is 90.6 Å². The SMILES string of the molecule is CCCCCCCCCCCCC(C1=NCCN1)C(C)O. The van der Waals surface area contributed by atoms with Crippen LogP contribution in [0.2, 0.25) is 0 Å². The monoisotopic (exact) mass is 296 g/mol. The zero-order chi connectivity index (χ0) is 15.3. The van der Waals surface area contributed by atoms with E-state index in [0.29, 0.717) is 0 Å². The van der Waals surface area contributed by atoms with E-state index >= 15 is 0 Å². The molecule has 2 unspecified atom stereocenters. The third-order valence-electron chi connectivity index (χ3n) is 4.50. The van der Waals surface area contributed by atoms with E-state index in [1.165, 1.54) is 64.2 Å². The van der Waals surface area contributed by atoms with Crippen LogP contribution < -0.4 is 5.32 Å². The van der Waals surface area contributed by atoms with E-state index in [-0.39, 0.29) is 12.0 Å². The Labute approximate surface area is 131 Å². The molecule has 2 N–H and O–H groups in total. The Balaban J connectivity index is 1.97. The molecule has 1 aliphatic rings. The van der Waals surface area contributed by atoms with E-state index in [9.17, 15) is 5.11 Å². The maximum absolute atomic E-state index is 9.90. The highest BCUT2D eigenvalue weighted by molar-refractivity contribution is 5.86.